The van der Waals surface area contributed by atoms with Gasteiger partial charge in [-0.2, -0.15) is 0 Å². The molecule has 0 amide bonds. The van der Waals surface area contributed by atoms with Crippen LogP contribution in [0.5, 0.6) is 0 Å². The van der Waals surface area contributed by atoms with E-state index < -0.39 is 57.8 Å². The Hall–Kier alpha value is -3.86. The van der Waals surface area contributed by atoms with Crippen LogP contribution in [0.4, 0.5) is 0 Å². The minimum absolute atomic E-state index is 0.0950. The smallest absolute Gasteiger partial charge is 0.462 e. The maximum absolute atomic E-state index is 12.9. The quantitative estimate of drug-likeness (QED) is 0.0197. The fraction of sp³-hybridized carbons (Fsp3) is 0.691. The van der Waals surface area contributed by atoms with Crippen molar-refractivity contribution >= 4 is 25.7 Å². The molecule has 0 fully saturated rings. The normalized spacial score (nSPS) is 14.0. The molecule has 80 heavy (non-hydrogen) atoms. The number of hydrogen-bond acceptors (Lipinski definition) is 10. The van der Waals surface area contributed by atoms with Gasteiger partial charge in [0.25, 0.3) is 0 Å². The van der Waals surface area contributed by atoms with E-state index in [1.807, 2.05) is 12.2 Å². The third-order valence-electron chi connectivity index (χ3n) is 13.2. The third kappa shape index (κ3) is 58.8. The monoisotopic (exact) mass is 1140 g/mol. The molecule has 3 unspecified atom stereocenters. The number of rotatable bonds is 58. The van der Waals surface area contributed by atoms with E-state index in [0.29, 0.717) is 19.3 Å². The predicted octanol–water partition coefficient (Wildman–Crippen LogP) is 19.4. The molecule has 0 bridgehead atoms. The Morgan fingerprint density at radius 2 is 0.675 bits per heavy atom. The van der Waals surface area contributed by atoms with Gasteiger partial charge in [0.1, 0.15) is 12.7 Å². The second-order valence-electron chi connectivity index (χ2n) is 20.8. The van der Waals surface area contributed by atoms with Crippen molar-refractivity contribution in [1.29, 1.82) is 0 Å². The Morgan fingerprint density at radius 3 is 1.05 bits per heavy atom. The highest BCUT2D eigenvalue weighted by molar-refractivity contribution is 7.47. The molecule has 3 atom stereocenters. The van der Waals surface area contributed by atoms with Crippen LogP contribution in [0.15, 0.2) is 109 Å². The molecule has 0 spiro atoms. The Morgan fingerprint density at radius 1 is 0.362 bits per heavy atom. The Bertz CT molecular complexity index is 1760. The van der Waals surface area contributed by atoms with Gasteiger partial charge in [0, 0.05) is 19.3 Å². The maximum Gasteiger partial charge on any atom is 0.472 e. The summed E-state index contributed by atoms with van der Waals surface area (Å²) in [5.74, 6) is -1.58. The van der Waals surface area contributed by atoms with Crippen molar-refractivity contribution in [2.75, 3.05) is 26.4 Å². The minimum atomic E-state index is -4.78. The van der Waals surface area contributed by atoms with Gasteiger partial charge in [-0.15, -0.1) is 0 Å². The van der Waals surface area contributed by atoms with Crippen LogP contribution in [0.2, 0.25) is 0 Å². The van der Waals surface area contributed by atoms with Crippen LogP contribution in [-0.2, 0) is 42.2 Å². The molecule has 0 aromatic heterocycles. The number of esters is 3. The number of aliphatic hydroxyl groups is 1. The summed E-state index contributed by atoms with van der Waals surface area (Å²) in [5, 5.41) is 9.85. The lowest BCUT2D eigenvalue weighted by Crippen LogP contribution is -2.30. The van der Waals surface area contributed by atoms with E-state index in [-0.39, 0.29) is 25.9 Å². The summed E-state index contributed by atoms with van der Waals surface area (Å²) in [5.41, 5.74) is 0. The molecule has 0 aromatic rings. The van der Waals surface area contributed by atoms with Gasteiger partial charge in [-0.25, -0.2) is 4.57 Å². The van der Waals surface area contributed by atoms with Gasteiger partial charge in [-0.1, -0.05) is 265 Å². The number of unbranched alkanes of at least 4 members (excludes halogenated alkanes) is 23. The standard InChI is InChI=1S/C68H115O11P/c1-4-7-10-13-16-19-22-25-28-31-32-35-36-39-42-45-48-51-54-57-66(70)75-61-65(79-68(72)59-56-53-50-47-44-41-38-34-30-27-24-21-18-15-12-9-6-3)63-77-80(73,74)76-62-64(60-69)78-67(71)58-55-52-49-46-43-40-37-33-29-26-23-20-17-14-11-8-5-2/h7,9-10,12,16,18-19,21,25,27-28,30,32,35,39,42,48,51,64-65,69H,4-6,8,11,13-15,17,20,22-24,26,29,31,33-34,36-38,40-41,43-47,49-50,52-63H2,1-3H3,(H,73,74)/b10-7-,12-9-,19-16-,21-18-,28-25-,30-27-,35-32-,42-39-,51-48-. The van der Waals surface area contributed by atoms with Crippen LogP contribution < -0.4 is 0 Å². The Balaban J connectivity index is 4.80. The van der Waals surface area contributed by atoms with E-state index in [1.165, 1.54) is 83.5 Å². The highest BCUT2D eigenvalue weighted by Crippen LogP contribution is 2.43. The number of allylic oxidation sites excluding steroid dienone is 18. The summed E-state index contributed by atoms with van der Waals surface area (Å²) in [6.45, 7) is 4.36. The van der Waals surface area contributed by atoms with Gasteiger partial charge >= 0.3 is 25.7 Å². The number of hydrogen-bond donors (Lipinski definition) is 2. The zero-order valence-electron chi connectivity index (χ0n) is 50.8. The lowest BCUT2D eigenvalue weighted by atomic mass is 10.0. The number of carbonyl (C=O) groups is 3. The van der Waals surface area contributed by atoms with Crippen molar-refractivity contribution in [1.82, 2.24) is 0 Å². The highest BCUT2D eigenvalue weighted by atomic mass is 31.2. The van der Waals surface area contributed by atoms with Gasteiger partial charge in [-0.3, -0.25) is 23.4 Å². The van der Waals surface area contributed by atoms with Crippen molar-refractivity contribution in [2.45, 2.75) is 277 Å². The number of carbonyl (C=O) groups excluding carboxylic acids is 3. The van der Waals surface area contributed by atoms with Gasteiger partial charge in [0.15, 0.2) is 6.10 Å². The number of ether oxygens (including phenoxy) is 3. The van der Waals surface area contributed by atoms with Crippen LogP contribution in [-0.4, -0.2) is 66.5 Å². The first-order valence-electron chi connectivity index (χ1n) is 31.8. The van der Waals surface area contributed by atoms with Gasteiger partial charge in [-0.05, 0) is 89.9 Å². The van der Waals surface area contributed by atoms with Gasteiger partial charge < -0.3 is 24.2 Å². The van der Waals surface area contributed by atoms with E-state index in [4.69, 9.17) is 23.3 Å². The number of aliphatic hydroxyl groups excluding tert-OH is 1. The molecule has 0 aliphatic heterocycles. The summed E-state index contributed by atoms with van der Waals surface area (Å²) in [4.78, 5) is 48.7. The average Bonchev–Trinajstić information content (AvgIpc) is 3.45. The molecule has 458 valence electrons. The van der Waals surface area contributed by atoms with Gasteiger partial charge in [0.05, 0.1) is 19.8 Å². The van der Waals surface area contributed by atoms with Crippen molar-refractivity contribution in [3.63, 3.8) is 0 Å². The van der Waals surface area contributed by atoms with Crippen LogP contribution >= 0.6 is 7.82 Å². The minimum Gasteiger partial charge on any atom is -0.462 e. The first-order chi connectivity index (χ1) is 39.2. The summed E-state index contributed by atoms with van der Waals surface area (Å²) in [6.07, 6.45) is 74.8. The first kappa shape index (κ1) is 76.1. The maximum atomic E-state index is 12.9. The average molecular weight is 1140 g/mol. The summed E-state index contributed by atoms with van der Waals surface area (Å²) in [7, 11) is -4.78. The molecule has 0 aliphatic carbocycles. The number of phosphoric ester groups is 1. The van der Waals surface area contributed by atoms with E-state index >= 15 is 0 Å². The van der Waals surface area contributed by atoms with Crippen LogP contribution in [0.25, 0.3) is 0 Å². The fourth-order valence-corrected chi connectivity index (χ4v) is 9.24. The topological polar surface area (TPSA) is 155 Å². The second-order valence-corrected chi connectivity index (χ2v) is 22.3. The zero-order chi connectivity index (χ0) is 58.3. The van der Waals surface area contributed by atoms with E-state index in [2.05, 4.69) is 118 Å². The molecule has 11 nitrogen and oxygen atoms in total. The summed E-state index contributed by atoms with van der Waals surface area (Å²) < 4.78 is 39.6. The third-order valence-corrected chi connectivity index (χ3v) is 14.2. The molecule has 0 radical (unpaired) electrons. The lowest BCUT2D eigenvalue weighted by Gasteiger charge is -2.21. The molecule has 0 rings (SSSR count). The molecule has 0 aliphatic rings. The molecule has 0 saturated heterocycles. The van der Waals surface area contributed by atoms with Crippen LogP contribution in [0, 0.1) is 0 Å². The largest absolute Gasteiger partial charge is 0.472 e. The highest BCUT2D eigenvalue weighted by Gasteiger charge is 2.28. The van der Waals surface area contributed by atoms with Crippen molar-refractivity contribution < 1.29 is 52.2 Å². The number of phosphoric acid groups is 1. The van der Waals surface area contributed by atoms with Crippen molar-refractivity contribution in [2.24, 2.45) is 0 Å². The molecule has 0 heterocycles. The van der Waals surface area contributed by atoms with Crippen molar-refractivity contribution in [3.8, 4) is 0 Å². The van der Waals surface area contributed by atoms with E-state index in [0.717, 1.165) is 122 Å². The molecule has 0 aromatic carbocycles. The second kappa shape index (κ2) is 61.2. The summed E-state index contributed by atoms with van der Waals surface area (Å²) >= 11 is 0. The van der Waals surface area contributed by atoms with Crippen LogP contribution in [0.1, 0.15) is 265 Å². The molecule has 12 heteroatoms. The predicted molar refractivity (Wildman–Crippen MR) is 334 cm³/mol. The molecular weight excluding hydrogens is 1020 g/mol. The first-order valence-corrected chi connectivity index (χ1v) is 33.3. The Labute approximate surface area is 488 Å². The molecular formula is C68H115O11P. The Kier molecular flexibility index (Phi) is 58.3. The molecule has 2 N–H and O–H groups in total. The van der Waals surface area contributed by atoms with E-state index in [1.54, 1.807) is 0 Å². The fourth-order valence-electron chi connectivity index (χ4n) is 8.46. The zero-order valence-corrected chi connectivity index (χ0v) is 51.7. The van der Waals surface area contributed by atoms with Crippen LogP contribution in [0.3, 0.4) is 0 Å². The summed E-state index contributed by atoms with van der Waals surface area (Å²) in [6, 6.07) is 0. The van der Waals surface area contributed by atoms with Gasteiger partial charge in [0.2, 0.25) is 0 Å². The SMILES string of the molecule is CC/C=C\C/C=C\C/C=C\C/C=C\C/C=C\C/C=C\CCC(=O)OCC(COP(=O)(O)OCC(CO)OC(=O)CCCCCCCCCCCCCCCCCCC)OC(=O)CCCCCCCCC/C=C\C/C=C\C/C=C\CC. The van der Waals surface area contributed by atoms with E-state index in [9.17, 15) is 28.9 Å². The molecule has 0 saturated carbocycles. The van der Waals surface area contributed by atoms with Crippen molar-refractivity contribution in [3.05, 3.63) is 109 Å². The lowest BCUT2D eigenvalue weighted by molar-refractivity contribution is -0.161.